The van der Waals surface area contributed by atoms with Crippen molar-refractivity contribution in [2.75, 3.05) is 6.54 Å². The SMILES string of the molecule is CC(C)(C)OC(=O)NCCCC[C@H](NC(=O)OC(C)(C)C)C(=O)[O-]. The number of nitrogens with one attached hydrogen (secondary N) is 2. The molecule has 0 aromatic carbocycles. The number of rotatable bonds is 7. The molecular weight excluding hydrogens is 316 g/mol. The number of ether oxygens (including phenoxy) is 2. The van der Waals surface area contributed by atoms with Crippen molar-refractivity contribution in [3.8, 4) is 0 Å². The van der Waals surface area contributed by atoms with E-state index in [0.717, 1.165) is 0 Å². The summed E-state index contributed by atoms with van der Waals surface area (Å²) in [4.78, 5) is 34.1. The molecule has 1 atom stereocenters. The molecule has 0 heterocycles. The molecule has 2 amide bonds. The van der Waals surface area contributed by atoms with Crippen LogP contribution in [0, 0.1) is 0 Å². The van der Waals surface area contributed by atoms with Crippen LogP contribution < -0.4 is 15.7 Å². The van der Waals surface area contributed by atoms with Gasteiger partial charge < -0.3 is 30.0 Å². The van der Waals surface area contributed by atoms with Crippen LogP contribution in [0.25, 0.3) is 0 Å². The Morgan fingerprint density at radius 3 is 1.88 bits per heavy atom. The Balaban J connectivity index is 4.09. The highest BCUT2D eigenvalue weighted by Gasteiger charge is 2.20. The second-order valence-electron chi connectivity index (χ2n) is 7.44. The number of carboxylic acid groups (broad SMARTS) is 1. The number of unbranched alkanes of at least 4 members (excludes halogenated alkanes) is 1. The molecule has 0 radical (unpaired) electrons. The van der Waals surface area contributed by atoms with Crippen LogP contribution in [0.15, 0.2) is 0 Å². The predicted octanol–water partition coefficient (Wildman–Crippen LogP) is 1.32. The summed E-state index contributed by atoms with van der Waals surface area (Å²) in [6, 6.07) is -1.14. The standard InChI is InChI=1S/C16H30N2O6/c1-15(2,3)23-13(21)17-10-8-7-9-11(12(19)20)18-14(22)24-16(4,5)6/h11H,7-10H2,1-6H3,(H,17,21)(H,18,22)(H,19,20)/p-1/t11-/m0/s1. The fourth-order valence-electron chi connectivity index (χ4n) is 1.68. The molecule has 0 bridgehead atoms. The lowest BCUT2D eigenvalue weighted by atomic mass is 10.1. The molecule has 0 saturated carbocycles. The minimum Gasteiger partial charge on any atom is -0.548 e. The lowest BCUT2D eigenvalue weighted by molar-refractivity contribution is -0.308. The summed E-state index contributed by atoms with van der Waals surface area (Å²) in [5.74, 6) is -1.37. The van der Waals surface area contributed by atoms with Crippen molar-refractivity contribution >= 4 is 18.2 Å². The van der Waals surface area contributed by atoms with Gasteiger partial charge in [-0.1, -0.05) is 0 Å². The molecule has 0 aliphatic heterocycles. The average molecular weight is 345 g/mol. The molecule has 0 spiro atoms. The number of hydrogen-bond donors (Lipinski definition) is 2. The largest absolute Gasteiger partial charge is 0.548 e. The van der Waals surface area contributed by atoms with E-state index in [1.165, 1.54) is 0 Å². The summed E-state index contributed by atoms with van der Waals surface area (Å²) < 4.78 is 10.1. The second-order valence-corrected chi connectivity index (χ2v) is 7.44. The number of amides is 2. The van der Waals surface area contributed by atoms with Gasteiger partial charge in [-0.2, -0.15) is 0 Å². The van der Waals surface area contributed by atoms with E-state index in [4.69, 9.17) is 9.47 Å². The Morgan fingerprint density at radius 2 is 1.42 bits per heavy atom. The van der Waals surface area contributed by atoms with E-state index >= 15 is 0 Å². The maximum atomic E-state index is 11.6. The first-order valence-electron chi connectivity index (χ1n) is 7.97. The van der Waals surface area contributed by atoms with Gasteiger partial charge in [0.25, 0.3) is 0 Å². The van der Waals surface area contributed by atoms with Crippen molar-refractivity contribution in [2.45, 2.75) is 78.0 Å². The number of hydrogen-bond acceptors (Lipinski definition) is 6. The van der Waals surface area contributed by atoms with Crippen molar-refractivity contribution in [3.63, 3.8) is 0 Å². The molecule has 0 rings (SSSR count). The third-order valence-electron chi connectivity index (χ3n) is 2.56. The van der Waals surface area contributed by atoms with Crippen LogP contribution in [0.3, 0.4) is 0 Å². The van der Waals surface area contributed by atoms with E-state index in [9.17, 15) is 19.5 Å². The topological polar surface area (TPSA) is 117 Å². The van der Waals surface area contributed by atoms with Crippen molar-refractivity contribution in [1.82, 2.24) is 10.6 Å². The van der Waals surface area contributed by atoms with Crippen LogP contribution in [0.1, 0.15) is 60.8 Å². The molecule has 8 heteroatoms. The van der Waals surface area contributed by atoms with Crippen molar-refractivity contribution in [1.29, 1.82) is 0 Å². The molecule has 0 unspecified atom stereocenters. The fourth-order valence-corrected chi connectivity index (χ4v) is 1.68. The smallest absolute Gasteiger partial charge is 0.408 e. The molecule has 8 nitrogen and oxygen atoms in total. The molecule has 0 aliphatic carbocycles. The van der Waals surface area contributed by atoms with Gasteiger partial charge in [0.15, 0.2) is 0 Å². The van der Waals surface area contributed by atoms with Gasteiger partial charge in [-0.15, -0.1) is 0 Å². The second kappa shape index (κ2) is 9.34. The minimum atomic E-state index is -1.37. The molecule has 0 saturated heterocycles. The summed E-state index contributed by atoms with van der Waals surface area (Å²) >= 11 is 0. The molecule has 0 fully saturated rings. The molecule has 2 N–H and O–H groups in total. The lowest BCUT2D eigenvalue weighted by Gasteiger charge is -2.24. The van der Waals surface area contributed by atoms with E-state index in [-0.39, 0.29) is 6.42 Å². The Morgan fingerprint density at radius 1 is 0.917 bits per heavy atom. The summed E-state index contributed by atoms with van der Waals surface area (Å²) in [6.07, 6.45) is -0.129. The summed E-state index contributed by atoms with van der Waals surface area (Å²) in [5.41, 5.74) is -1.28. The molecular formula is C16H29N2O6-. The zero-order chi connectivity index (χ0) is 19.0. The Kier molecular flexibility index (Phi) is 8.57. The molecule has 0 aliphatic rings. The van der Waals surface area contributed by atoms with Gasteiger partial charge in [0.1, 0.15) is 11.2 Å². The maximum absolute atomic E-state index is 11.6. The number of carbonyl (C=O) groups is 3. The third kappa shape index (κ3) is 12.5. The van der Waals surface area contributed by atoms with Crippen LogP contribution in [-0.2, 0) is 14.3 Å². The number of alkyl carbamates (subject to hydrolysis) is 2. The molecule has 24 heavy (non-hydrogen) atoms. The summed E-state index contributed by atoms with van der Waals surface area (Å²) in [7, 11) is 0. The summed E-state index contributed by atoms with van der Waals surface area (Å²) in [6.45, 7) is 10.7. The maximum Gasteiger partial charge on any atom is 0.408 e. The van der Waals surface area contributed by atoms with Crippen molar-refractivity contribution in [2.24, 2.45) is 0 Å². The molecule has 140 valence electrons. The van der Waals surface area contributed by atoms with Crippen molar-refractivity contribution < 1.29 is 29.0 Å². The van der Waals surface area contributed by atoms with Gasteiger partial charge in [-0.3, -0.25) is 0 Å². The average Bonchev–Trinajstić information content (AvgIpc) is 2.32. The van der Waals surface area contributed by atoms with Gasteiger partial charge in [-0.25, -0.2) is 9.59 Å². The van der Waals surface area contributed by atoms with Gasteiger partial charge in [-0.05, 0) is 60.8 Å². The minimum absolute atomic E-state index is 0.178. The predicted molar refractivity (Wildman–Crippen MR) is 86.3 cm³/mol. The quantitative estimate of drug-likeness (QED) is 0.672. The van der Waals surface area contributed by atoms with Gasteiger partial charge in [0, 0.05) is 6.54 Å². The fraction of sp³-hybridized carbons (Fsp3) is 0.812. The van der Waals surface area contributed by atoms with Crippen LogP contribution >= 0.6 is 0 Å². The van der Waals surface area contributed by atoms with Gasteiger partial charge in [0.2, 0.25) is 0 Å². The third-order valence-corrected chi connectivity index (χ3v) is 2.56. The van der Waals surface area contributed by atoms with E-state index in [1.54, 1.807) is 41.5 Å². The van der Waals surface area contributed by atoms with Crippen LogP contribution in [0.4, 0.5) is 9.59 Å². The molecule has 0 aromatic heterocycles. The highest BCUT2D eigenvalue weighted by Crippen LogP contribution is 2.08. The monoisotopic (exact) mass is 345 g/mol. The van der Waals surface area contributed by atoms with E-state index < -0.39 is 35.4 Å². The first-order chi connectivity index (χ1) is 10.8. The Bertz CT molecular complexity index is 437. The number of carboxylic acids is 1. The van der Waals surface area contributed by atoms with Gasteiger partial charge in [0.05, 0.1) is 12.0 Å². The normalized spacial score (nSPS) is 12.9. The Hall–Kier alpha value is -1.99. The zero-order valence-electron chi connectivity index (χ0n) is 15.4. The highest BCUT2D eigenvalue weighted by molar-refractivity contribution is 5.78. The number of aliphatic carboxylic acids is 1. The molecule has 0 aromatic rings. The van der Waals surface area contributed by atoms with Crippen molar-refractivity contribution in [3.05, 3.63) is 0 Å². The first-order valence-corrected chi connectivity index (χ1v) is 7.97. The number of carbonyl (C=O) groups excluding carboxylic acids is 3. The van der Waals surface area contributed by atoms with E-state index in [2.05, 4.69) is 10.6 Å². The first kappa shape index (κ1) is 22.0. The van der Waals surface area contributed by atoms with E-state index in [0.29, 0.717) is 19.4 Å². The summed E-state index contributed by atoms with van der Waals surface area (Å²) in [5, 5.41) is 15.9. The van der Waals surface area contributed by atoms with Crippen LogP contribution in [0.2, 0.25) is 0 Å². The van der Waals surface area contributed by atoms with Crippen LogP contribution in [-0.4, -0.2) is 41.9 Å². The van der Waals surface area contributed by atoms with Crippen LogP contribution in [0.5, 0.6) is 0 Å². The zero-order valence-corrected chi connectivity index (χ0v) is 15.4. The Labute approximate surface area is 143 Å². The van der Waals surface area contributed by atoms with Gasteiger partial charge >= 0.3 is 12.2 Å². The van der Waals surface area contributed by atoms with E-state index in [1.807, 2.05) is 0 Å². The highest BCUT2D eigenvalue weighted by atomic mass is 16.6. The lowest BCUT2D eigenvalue weighted by Crippen LogP contribution is -2.49.